The second kappa shape index (κ2) is 9.56. The topological polar surface area (TPSA) is 46.5 Å². The van der Waals surface area contributed by atoms with Crippen LogP contribution < -0.4 is 4.74 Å². The molecule has 2 aromatic carbocycles. The van der Waals surface area contributed by atoms with Crippen LogP contribution >= 0.6 is 0 Å². The van der Waals surface area contributed by atoms with Crippen LogP contribution in [0.4, 0.5) is 0 Å². The van der Waals surface area contributed by atoms with Crippen molar-refractivity contribution in [3.05, 3.63) is 71.8 Å². The highest BCUT2D eigenvalue weighted by atomic mass is 16.5. The van der Waals surface area contributed by atoms with Gasteiger partial charge in [0.2, 0.25) is 0 Å². The molecule has 0 spiro atoms. The molecule has 0 radical (unpaired) electrons. The van der Waals surface area contributed by atoms with Gasteiger partial charge in [0.25, 0.3) is 0 Å². The molecule has 0 bridgehead atoms. The van der Waals surface area contributed by atoms with E-state index in [9.17, 15) is 4.79 Å². The summed E-state index contributed by atoms with van der Waals surface area (Å²) >= 11 is 0. The minimum atomic E-state index is -0.828. The molecule has 24 heavy (non-hydrogen) atoms. The summed E-state index contributed by atoms with van der Waals surface area (Å²) in [6, 6.07) is 18.0. The van der Waals surface area contributed by atoms with Gasteiger partial charge in [0.15, 0.2) is 0 Å². The molecule has 0 aromatic heterocycles. The van der Waals surface area contributed by atoms with Gasteiger partial charge in [-0.15, -0.1) is 0 Å². The van der Waals surface area contributed by atoms with E-state index in [-0.39, 0.29) is 0 Å². The molecule has 0 saturated carbocycles. The third-order valence-electron chi connectivity index (χ3n) is 3.83. The first-order valence-electron chi connectivity index (χ1n) is 8.37. The Labute approximate surface area is 143 Å². The minimum absolute atomic E-state index is 0.431. The van der Waals surface area contributed by atoms with Gasteiger partial charge in [0.1, 0.15) is 11.5 Å². The largest absolute Gasteiger partial charge is 0.478 e. The fraction of sp³-hybridized carbons (Fsp3) is 0.286. The Balaban J connectivity index is 1.74. The summed E-state index contributed by atoms with van der Waals surface area (Å²) in [5.41, 5.74) is 1.70. The smallest absolute Gasteiger partial charge is 0.330 e. The van der Waals surface area contributed by atoms with E-state index in [2.05, 4.69) is 12.1 Å². The number of allylic oxidation sites excluding steroid dienone is 1. The molecule has 0 amide bonds. The Morgan fingerprint density at radius 3 is 2.50 bits per heavy atom. The quantitative estimate of drug-likeness (QED) is 0.481. The predicted molar refractivity (Wildman–Crippen MR) is 96.5 cm³/mol. The molecule has 2 aromatic rings. The van der Waals surface area contributed by atoms with Crippen LogP contribution in [-0.4, -0.2) is 11.1 Å². The molecule has 0 unspecified atom stereocenters. The molecule has 0 aliphatic heterocycles. The second-order valence-electron chi connectivity index (χ2n) is 5.85. The van der Waals surface area contributed by atoms with E-state index in [1.807, 2.05) is 42.5 Å². The van der Waals surface area contributed by atoms with Gasteiger partial charge < -0.3 is 9.84 Å². The number of carbonyl (C=O) groups is 1. The summed E-state index contributed by atoms with van der Waals surface area (Å²) in [6.45, 7) is 1.64. The maximum absolute atomic E-state index is 10.7. The van der Waals surface area contributed by atoms with Crippen LogP contribution in [0, 0.1) is 0 Å². The molecule has 0 aliphatic rings. The maximum atomic E-state index is 10.7. The van der Waals surface area contributed by atoms with E-state index in [1.165, 1.54) is 5.56 Å². The van der Waals surface area contributed by atoms with Gasteiger partial charge >= 0.3 is 5.97 Å². The van der Waals surface area contributed by atoms with Gasteiger partial charge in [-0.1, -0.05) is 42.8 Å². The fourth-order valence-electron chi connectivity index (χ4n) is 2.45. The van der Waals surface area contributed by atoms with E-state index in [0.29, 0.717) is 5.57 Å². The lowest BCUT2D eigenvalue weighted by atomic mass is 10.1. The van der Waals surface area contributed by atoms with E-state index < -0.39 is 5.97 Å². The summed E-state index contributed by atoms with van der Waals surface area (Å²) < 4.78 is 5.85. The molecular weight excluding hydrogens is 300 g/mol. The zero-order chi connectivity index (χ0) is 17.2. The Hall–Kier alpha value is -2.55. The van der Waals surface area contributed by atoms with Crippen molar-refractivity contribution < 1.29 is 14.6 Å². The third kappa shape index (κ3) is 6.29. The molecule has 1 N–H and O–H groups in total. The van der Waals surface area contributed by atoms with Crippen molar-refractivity contribution in [2.24, 2.45) is 0 Å². The van der Waals surface area contributed by atoms with Gasteiger partial charge in [-0.25, -0.2) is 4.79 Å². The van der Waals surface area contributed by atoms with Crippen molar-refractivity contribution in [3.63, 3.8) is 0 Å². The van der Waals surface area contributed by atoms with Crippen LogP contribution in [0.2, 0.25) is 0 Å². The van der Waals surface area contributed by atoms with Crippen molar-refractivity contribution in [3.8, 4) is 11.5 Å². The number of hydrogen-bond acceptors (Lipinski definition) is 2. The molecule has 0 aliphatic carbocycles. The maximum Gasteiger partial charge on any atom is 0.330 e. The predicted octanol–water partition coefficient (Wildman–Crippen LogP) is 5.61. The van der Waals surface area contributed by atoms with Crippen molar-refractivity contribution in [2.75, 3.05) is 0 Å². The van der Waals surface area contributed by atoms with Crippen molar-refractivity contribution in [2.45, 2.75) is 39.0 Å². The first-order chi connectivity index (χ1) is 11.6. The molecule has 0 heterocycles. The standard InChI is InChI=1S/C21H24O3/c1-17(21(22)23)10-5-2-3-6-11-18-12-9-15-20(16-18)24-19-13-7-4-8-14-19/h4,7-10,12-16H,2-3,5-6,11H2,1H3,(H,22,23). The first kappa shape index (κ1) is 17.8. The number of unbranched alkanes of at least 4 members (excludes halogenated alkanes) is 3. The SMILES string of the molecule is CC(=CCCCCCc1cccc(Oc2ccccc2)c1)C(=O)O. The zero-order valence-electron chi connectivity index (χ0n) is 14.1. The number of benzene rings is 2. The van der Waals surface area contributed by atoms with E-state index in [4.69, 9.17) is 9.84 Å². The van der Waals surface area contributed by atoms with Crippen molar-refractivity contribution in [1.82, 2.24) is 0 Å². The number of rotatable bonds is 9. The number of aryl methyl sites for hydroxylation is 1. The summed E-state index contributed by atoms with van der Waals surface area (Å²) in [4.78, 5) is 10.7. The monoisotopic (exact) mass is 324 g/mol. The van der Waals surface area contributed by atoms with Crippen LogP contribution in [0.25, 0.3) is 0 Å². The molecule has 3 heteroatoms. The lowest BCUT2D eigenvalue weighted by Crippen LogP contribution is -1.95. The summed E-state index contributed by atoms with van der Waals surface area (Å²) in [7, 11) is 0. The van der Waals surface area contributed by atoms with Crippen LogP contribution in [-0.2, 0) is 11.2 Å². The average Bonchev–Trinajstić information content (AvgIpc) is 2.59. The van der Waals surface area contributed by atoms with Crippen LogP contribution in [0.5, 0.6) is 11.5 Å². The minimum Gasteiger partial charge on any atom is -0.478 e. The van der Waals surface area contributed by atoms with Crippen molar-refractivity contribution >= 4 is 5.97 Å². The van der Waals surface area contributed by atoms with Crippen LogP contribution in [0.1, 0.15) is 38.2 Å². The second-order valence-corrected chi connectivity index (χ2v) is 5.85. The molecule has 0 fully saturated rings. The van der Waals surface area contributed by atoms with Crippen molar-refractivity contribution in [1.29, 1.82) is 0 Å². The Bertz CT molecular complexity index is 674. The van der Waals surface area contributed by atoms with E-state index >= 15 is 0 Å². The lowest BCUT2D eigenvalue weighted by molar-refractivity contribution is -0.132. The molecule has 0 atom stereocenters. The Kier molecular flexibility index (Phi) is 7.09. The number of para-hydroxylation sites is 1. The van der Waals surface area contributed by atoms with Gasteiger partial charge in [0, 0.05) is 5.57 Å². The molecule has 126 valence electrons. The molecule has 0 saturated heterocycles. The first-order valence-corrected chi connectivity index (χ1v) is 8.37. The normalized spacial score (nSPS) is 11.3. The Morgan fingerprint density at radius 1 is 1.00 bits per heavy atom. The summed E-state index contributed by atoms with van der Waals surface area (Å²) in [6.07, 6.45) is 6.84. The molecule has 3 nitrogen and oxygen atoms in total. The fourth-order valence-corrected chi connectivity index (χ4v) is 2.45. The molecular formula is C21H24O3. The highest BCUT2D eigenvalue weighted by molar-refractivity contribution is 5.85. The average molecular weight is 324 g/mol. The highest BCUT2D eigenvalue weighted by Gasteiger charge is 2.00. The summed E-state index contributed by atoms with van der Waals surface area (Å²) in [5.74, 6) is 0.874. The highest BCUT2D eigenvalue weighted by Crippen LogP contribution is 2.22. The Morgan fingerprint density at radius 2 is 1.75 bits per heavy atom. The molecule has 2 rings (SSSR count). The summed E-state index contributed by atoms with van der Waals surface area (Å²) in [5, 5.41) is 8.78. The van der Waals surface area contributed by atoms with Gasteiger partial charge in [-0.2, -0.15) is 0 Å². The van der Waals surface area contributed by atoms with Gasteiger partial charge in [-0.05, 0) is 62.4 Å². The van der Waals surface area contributed by atoms with Crippen LogP contribution in [0.15, 0.2) is 66.2 Å². The number of carboxylic acid groups (broad SMARTS) is 1. The van der Waals surface area contributed by atoms with E-state index in [0.717, 1.165) is 43.6 Å². The lowest BCUT2D eigenvalue weighted by Gasteiger charge is -2.07. The zero-order valence-corrected chi connectivity index (χ0v) is 14.1. The van der Waals surface area contributed by atoms with Gasteiger partial charge in [-0.3, -0.25) is 0 Å². The van der Waals surface area contributed by atoms with E-state index in [1.54, 1.807) is 13.0 Å². The van der Waals surface area contributed by atoms with Crippen LogP contribution in [0.3, 0.4) is 0 Å². The number of hydrogen-bond donors (Lipinski definition) is 1. The number of carboxylic acids is 1. The van der Waals surface area contributed by atoms with Gasteiger partial charge in [0.05, 0.1) is 0 Å². The number of aliphatic carboxylic acids is 1. The third-order valence-corrected chi connectivity index (χ3v) is 3.83. The number of ether oxygens (including phenoxy) is 1.